The first kappa shape index (κ1) is 22.2. The van der Waals surface area contributed by atoms with Crippen LogP contribution in [-0.2, 0) is 15.3 Å². The molecule has 0 spiro atoms. The number of esters is 1. The second kappa shape index (κ2) is 10.0. The first-order valence-electron chi connectivity index (χ1n) is 9.31. The lowest BCUT2D eigenvalue weighted by molar-refractivity contribution is -0.140. The average Bonchev–Trinajstić information content (AvgIpc) is 3.12. The Morgan fingerprint density at radius 1 is 1.17 bits per heavy atom. The summed E-state index contributed by atoms with van der Waals surface area (Å²) in [5.41, 5.74) is 2.50. The Morgan fingerprint density at radius 2 is 1.83 bits per heavy atom. The molecule has 30 heavy (non-hydrogen) atoms. The van der Waals surface area contributed by atoms with Crippen LogP contribution in [0.2, 0.25) is 0 Å². The molecule has 2 aromatic heterocycles. The molecule has 3 aromatic rings. The maximum atomic E-state index is 13.5. The minimum Gasteiger partial charge on any atom is -0.468 e. The smallest absolute Gasteiger partial charge is 0.319 e. The zero-order valence-electron chi connectivity index (χ0n) is 17.1. The summed E-state index contributed by atoms with van der Waals surface area (Å²) in [4.78, 5) is 20.9. The molecule has 1 aromatic carbocycles. The van der Waals surface area contributed by atoms with Gasteiger partial charge in [-0.25, -0.2) is 14.4 Å². The van der Waals surface area contributed by atoms with Gasteiger partial charge in [0.25, 0.3) is 0 Å². The SMILES string of the molecule is CC[C@H](Sc1nnc(CSc2nc(C)cc(C)n2)n1-c1ccc(F)cc1)C(=O)OC. The molecule has 0 saturated carbocycles. The molecule has 7 nitrogen and oxygen atoms in total. The van der Waals surface area contributed by atoms with Crippen molar-refractivity contribution in [3.8, 4) is 5.69 Å². The third kappa shape index (κ3) is 5.37. The zero-order valence-corrected chi connectivity index (χ0v) is 18.8. The van der Waals surface area contributed by atoms with E-state index in [1.807, 2.05) is 31.4 Å². The van der Waals surface area contributed by atoms with Gasteiger partial charge in [0, 0.05) is 17.1 Å². The second-order valence-electron chi connectivity index (χ2n) is 6.47. The van der Waals surface area contributed by atoms with Gasteiger partial charge in [-0.05, 0) is 50.6 Å². The van der Waals surface area contributed by atoms with Gasteiger partial charge in [-0.2, -0.15) is 0 Å². The Kier molecular flexibility index (Phi) is 7.43. The average molecular weight is 448 g/mol. The number of nitrogens with zero attached hydrogens (tertiary/aromatic N) is 5. The summed E-state index contributed by atoms with van der Waals surface area (Å²) in [6, 6.07) is 7.99. The number of carbonyl (C=O) groups is 1. The molecule has 3 rings (SSSR count). The van der Waals surface area contributed by atoms with E-state index >= 15 is 0 Å². The van der Waals surface area contributed by atoms with Crippen molar-refractivity contribution in [2.45, 2.75) is 48.5 Å². The zero-order chi connectivity index (χ0) is 21.7. The van der Waals surface area contributed by atoms with Crippen molar-refractivity contribution < 1.29 is 13.9 Å². The van der Waals surface area contributed by atoms with Gasteiger partial charge in [-0.1, -0.05) is 30.4 Å². The Hall–Kier alpha value is -2.46. The molecule has 0 aliphatic rings. The van der Waals surface area contributed by atoms with E-state index in [-0.39, 0.29) is 11.8 Å². The predicted molar refractivity (Wildman–Crippen MR) is 114 cm³/mol. The summed E-state index contributed by atoms with van der Waals surface area (Å²) in [6.45, 7) is 5.75. The highest BCUT2D eigenvalue weighted by Crippen LogP contribution is 2.30. The number of aromatic nitrogens is 5. The number of thioether (sulfide) groups is 2. The maximum absolute atomic E-state index is 13.5. The van der Waals surface area contributed by atoms with Gasteiger partial charge in [0.2, 0.25) is 0 Å². The summed E-state index contributed by atoms with van der Waals surface area (Å²) in [5.74, 6) is 0.455. The third-order valence-corrected chi connectivity index (χ3v) is 6.29. The molecule has 0 N–H and O–H groups in total. The minimum atomic E-state index is -0.415. The lowest BCUT2D eigenvalue weighted by atomic mass is 10.3. The Bertz CT molecular complexity index is 1010. The van der Waals surface area contributed by atoms with Gasteiger partial charge in [0.15, 0.2) is 10.3 Å². The summed E-state index contributed by atoms with van der Waals surface area (Å²) >= 11 is 2.72. The van der Waals surface area contributed by atoms with Crippen molar-refractivity contribution >= 4 is 29.5 Å². The van der Waals surface area contributed by atoms with Crippen molar-refractivity contribution in [3.05, 3.63) is 53.4 Å². The maximum Gasteiger partial charge on any atom is 0.319 e. The summed E-state index contributed by atoms with van der Waals surface area (Å²) < 4.78 is 20.2. The Labute approximate surface area is 182 Å². The van der Waals surface area contributed by atoms with Gasteiger partial charge in [-0.15, -0.1) is 10.2 Å². The van der Waals surface area contributed by atoms with Gasteiger partial charge in [0.1, 0.15) is 16.9 Å². The number of rotatable bonds is 8. The highest BCUT2D eigenvalue weighted by Gasteiger charge is 2.24. The van der Waals surface area contributed by atoms with E-state index in [0.717, 1.165) is 11.4 Å². The quantitative estimate of drug-likeness (QED) is 0.289. The van der Waals surface area contributed by atoms with Crippen molar-refractivity contribution in [2.75, 3.05) is 7.11 Å². The second-order valence-corrected chi connectivity index (χ2v) is 8.58. The lowest BCUT2D eigenvalue weighted by Gasteiger charge is -2.14. The number of aryl methyl sites for hydroxylation is 2. The fraction of sp³-hybridized carbons (Fsp3) is 0.350. The molecule has 0 radical (unpaired) electrons. The first-order valence-corrected chi connectivity index (χ1v) is 11.2. The van der Waals surface area contributed by atoms with E-state index in [4.69, 9.17) is 4.74 Å². The highest BCUT2D eigenvalue weighted by molar-refractivity contribution is 8.00. The van der Waals surface area contributed by atoms with Crippen molar-refractivity contribution in [2.24, 2.45) is 0 Å². The van der Waals surface area contributed by atoms with Crippen LogP contribution in [0.4, 0.5) is 4.39 Å². The molecule has 10 heteroatoms. The third-order valence-electron chi connectivity index (χ3n) is 4.16. The van der Waals surface area contributed by atoms with E-state index in [2.05, 4.69) is 20.2 Å². The van der Waals surface area contributed by atoms with Gasteiger partial charge >= 0.3 is 5.97 Å². The molecule has 0 unspecified atom stereocenters. The van der Waals surface area contributed by atoms with E-state index in [1.54, 1.807) is 12.1 Å². The van der Waals surface area contributed by atoms with Crippen LogP contribution in [0.15, 0.2) is 40.6 Å². The molecule has 0 amide bonds. The number of carbonyl (C=O) groups excluding carboxylic acids is 1. The molecular formula is C20H22FN5O2S2. The summed E-state index contributed by atoms with van der Waals surface area (Å²) in [6.07, 6.45) is 0.577. The van der Waals surface area contributed by atoms with Crippen molar-refractivity contribution in [1.29, 1.82) is 0 Å². The standard InChI is InChI=1S/C20H22FN5O2S2/c1-5-16(18(27)28-4)30-20-25-24-17(26(20)15-8-6-14(21)7-9-15)11-29-19-22-12(2)10-13(3)23-19/h6-10,16H,5,11H2,1-4H3/t16-/m0/s1. The highest BCUT2D eigenvalue weighted by atomic mass is 32.2. The fourth-order valence-electron chi connectivity index (χ4n) is 2.76. The molecular weight excluding hydrogens is 425 g/mol. The fourth-order valence-corrected chi connectivity index (χ4v) is 4.64. The topological polar surface area (TPSA) is 82.8 Å². The van der Waals surface area contributed by atoms with E-state index in [0.29, 0.717) is 34.0 Å². The van der Waals surface area contributed by atoms with Crippen LogP contribution in [0.25, 0.3) is 5.69 Å². The molecule has 0 aliphatic carbocycles. The summed E-state index contributed by atoms with van der Waals surface area (Å²) in [5, 5.41) is 9.38. The van der Waals surface area contributed by atoms with Gasteiger partial charge < -0.3 is 4.74 Å². The lowest BCUT2D eigenvalue weighted by Crippen LogP contribution is -2.18. The molecule has 158 valence electrons. The summed E-state index contributed by atoms with van der Waals surface area (Å²) in [7, 11) is 1.36. The van der Waals surface area contributed by atoms with Gasteiger partial charge in [0.05, 0.1) is 12.9 Å². The molecule has 0 bridgehead atoms. The number of methoxy groups -OCH3 is 1. The number of halogens is 1. The Morgan fingerprint density at radius 3 is 2.43 bits per heavy atom. The number of hydrogen-bond acceptors (Lipinski definition) is 8. The van der Waals surface area contributed by atoms with E-state index in [1.165, 1.54) is 42.8 Å². The molecule has 0 aliphatic heterocycles. The number of ether oxygens (including phenoxy) is 1. The first-order chi connectivity index (χ1) is 14.4. The van der Waals surface area contributed by atoms with Crippen LogP contribution in [0.1, 0.15) is 30.6 Å². The predicted octanol–water partition coefficient (Wildman–Crippen LogP) is 4.15. The van der Waals surface area contributed by atoms with Crippen LogP contribution in [0.3, 0.4) is 0 Å². The number of benzene rings is 1. The number of hydrogen-bond donors (Lipinski definition) is 0. The normalized spacial score (nSPS) is 12.0. The van der Waals surface area contributed by atoms with Gasteiger partial charge in [-0.3, -0.25) is 9.36 Å². The monoisotopic (exact) mass is 447 g/mol. The van der Waals surface area contributed by atoms with Crippen LogP contribution in [-0.4, -0.2) is 43.1 Å². The van der Waals surface area contributed by atoms with Crippen LogP contribution in [0, 0.1) is 19.7 Å². The van der Waals surface area contributed by atoms with Crippen LogP contribution >= 0.6 is 23.5 Å². The van der Waals surface area contributed by atoms with Crippen molar-refractivity contribution in [3.63, 3.8) is 0 Å². The molecule has 0 saturated heterocycles. The molecule has 2 heterocycles. The van der Waals surface area contributed by atoms with Crippen LogP contribution in [0.5, 0.6) is 0 Å². The van der Waals surface area contributed by atoms with Crippen LogP contribution < -0.4 is 0 Å². The molecule has 1 atom stereocenters. The minimum absolute atomic E-state index is 0.323. The van der Waals surface area contributed by atoms with E-state index in [9.17, 15) is 9.18 Å². The Balaban J connectivity index is 1.93. The van der Waals surface area contributed by atoms with E-state index < -0.39 is 5.25 Å². The van der Waals surface area contributed by atoms with Crippen molar-refractivity contribution in [1.82, 2.24) is 24.7 Å². The largest absolute Gasteiger partial charge is 0.468 e. The molecule has 0 fully saturated rings.